The highest BCUT2D eigenvalue weighted by molar-refractivity contribution is 6.01. The zero-order valence-corrected chi connectivity index (χ0v) is 18.5. The quantitative estimate of drug-likeness (QED) is 0.334. The second-order valence-electron chi connectivity index (χ2n) is 8.04. The molecule has 0 aliphatic carbocycles. The Labute approximate surface area is 191 Å². The Hall–Kier alpha value is -4.06. The fraction of sp³-hybridized carbons (Fsp3) is 0.185. The number of hydrogen-bond donors (Lipinski definition) is 1. The average Bonchev–Trinajstić information content (AvgIpc) is 2.82. The monoisotopic (exact) mass is 440 g/mol. The summed E-state index contributed by atoms with van der Waals surface area (Å²) in [5.41, 5.74) is 3.47. The predicted octanol–water partition coefficient (Wildman–Crippen LogP) is 4.64. The number of aromatic nitrogens is 2. The number of ether oxygens (including phenoxy) is 1. The number of hydrogen-bond acceptors (Lipinski definition) is 5. The second kappa shape index (κ2) is 9.61. The van der Waals surface area contributed by atoms with Gasteiger partial charge < -0.3 is 9.72 Å². The molecule has 6 heteroatoms. The molecule has 4 rings (SSSR count). The van der Waals surface area contributed by atoms with Crippen LogP contribution in [0.25, 0.3) is 10.9 Å². The van der Waals surface area contributed by atoms with Crippen molar-refractivity contribution in [1.29, 1.82) is 0 Å². The van der Waals surface area contributed by atoms with Gasteiger partial charge in [0.25, 0.3) is 5.56 Å². The minimum atomic E-state index is -1.05. The number of rotatable bonds is 7. The number of ketones is 1. The molecule has 0 amide bonds. The van der Waals surface area contributed by atoms with E-state index in [1.165, 1.54) is 0 Å². The molecule has 4 aromatic rings. The number of fused-ring (bicyclic) bond motifs is 1. The number of carbonyl (C=O) groups is 2. The van der Waals surface area contributed by atoms with Crippen molar-refractivity contribution in [2.75, 3.05) is 0 Å². The topological polar surface area (TPSA) is 89.1 Å². The molecule has 0 aliphatic rings. The van der Waals surface area contributed by atoms with Gasteiger partial charge in [-0.1, -0.05) is 71.8 Å². The highest BCUT2D eigenvalue weighted by Crippen LogP contribution is 2.24. The molecule has 1 heterocycles. The first kappa shape index (κ1) is 22.1. The summed E-state index contributed by atoms with van der Waals surface area (Å²) < 4.78 is 5.65. The second-order valence-corrected chi connectivity index (χ2v) is 8.04. The van der Waals surface area contributed by atoms with Gasteiger partial charge in [0.05, 0.1) is 17.3 Å². The number of esters is 1. The maximum absolute atomic E-state index is 13.2. The van der Waals surface area contributed by atoms with Gasteiger partial charge in [0.15, 0.2) is 6.10 Å². The van der Waals surface area contributed by atoms with Crippen molar-refractivity contribution in [2.24, 2.45) is 0 Å². The number of nitrogens with one attached hydrogen (secondary N) is 1. The first-order valence-electron chi connectivity index (χ1n) is 10.8. The van der Waals surface area contributed by atoms with Crippen LogP contribution in [0.4, 0.5) is 0 Å². The van der Waals surface area contributed by atoms with Crippen molar-refractivity contribution >= 4 is 22.7 Å². The molecule has 0 spiro atoms. The molecule has 0 saturated carbocycles. The standard InChI is InChI=1S/C27H24N2O4/c1-17-7-11-19(12-8-17)25(31)26(20-13-9-18(2)10-14-20)33-24(30)16-15-23-28-22-6-4-3-5-21(22)27(32)29-23/h3-14,26H,15-16H2,1-2H3,(H,28,29,32). The molecule has 1 unspecified atom stereocenters. The number of Topliss-reactive ketones (excluding diaryl/α,β-unsaturated/α-hetero) is 1. The predicted molar refractivity (Wildman–Crippen MR) is 126 cm³/mol. The number of nitrogens with zero attached hydrogens (tertiary/aromatic N) is 1. The lowest BCUT2D eigenvalue weighted by Crippen LogP contribution is -2.21. The maximum Gasteiger partial charge on any atom is 0.307 e. The Kier molecular flexibility index (Phi) is 6.45. The summed E-state index contributed by atoms with van der Waals surface area (Å²) in [5.74, 6) is -0.436. The normalized spacial score (nSPS) is 11.8. The third kappa shape index (κ3) is 5.23. The van der Waals surface area contributed by atoms with Gasteiger partial charge in [-0.2, -0.15) is 0 Å². The van der Waals surface area contributed by atoms with Gasteiger partial charge in [0.2, 0.25) is 5.78 Å². The van der Waals surface area contributed by atoms with E-state index in [0.717, 1.165) is 11.1 Å². The van der Waals surface area contributed by atoms with Crippen molar-refractivity contribution in [2.45, 2.75) is 32.8 Å². The van der Waals surface area contributed by atoms with Crippen LogP contribution in [0, 0.1) is 13.8 Å². The van der Waals surface area contributed by atoms with Gasteiger partial charge in [-0.25, -0.2) is 4.98 Å². The molecule has 0 saturated heterocycles. The minimum Gasteiger partial charge on any atom is -0.449 e. The van der Waals surface area contributed by atoms with Crippen molar-refractivity contribution in [1.82, 2.24) is 9.97 Å². The Morgan fingerprint density at radius 3 is 2.24 bits per heavy atom. The molecule has 0 fully saturated rings. The van der Waals surface area contributed by atoms with Crippen LogP contribution in [0.3, 0.4) is 0 Å². The lowest BCUT2D eigenvalue weighted by atomic mass is 9.98. The first-order valence-corrected chi connectivity index (χ1v) is 10.8. The number of para-hydroxylation sites is 1. The zero-order valence-electron chi connectivity index (χ0n) is 18.5. The highest BCUT2D eigenvalue weighted by Gasteiger charge is 2.26. The van der Waals surface area contributed by atoms with Gasteiger partial charge in [0, 0.05) is 17.5 Å². The van der Waals surface area contributed by atoms with Gasteiger partial charge in [0.1, 0.15) is 5.82 Å². The summed E-state index contributed by atoms with van der Waals surface area (Å²) in [4.78, 5) is 45.3. The number of H-pyrrole nitrogens is 1. The van der Waals surface area contributed by atoms with E-state index in [1.54, 1.807) is 48.5 Å². The molecule has 1 aromatic heterocycles. The van der Waals surface area contributed by atoms with E-state index in [0.29, 0.717) is 27.9 Å². The molecule has 0 radical (unpaired) electrons. The molecule has 3 aromatic carbocycles. The Morgan fingerprint density at radius 1 is 0.909 bits per heavy atom. The fourth-order valence-corrected chi connectivity index (χ4v) is 3.55. The fourth-order valence-electron chi connectivity index (χ4n) is 3.55. The lowest BCUT2D eigenvalue weighted by Gasteiger charge is -2.18. The van der Waals surface area contributed by atoms with Crippen LogP contribution in [0.5, 0.6) is 0 Å². The third-order valence-electron chi connectivity index (χ3n) is 5.43. The van der Waals surface area contributed by atoms with Crippen LogP contribution >= 0.6 is 0 Å². The molecule has 166 valence electrons. The molecular formula is C27H24N2O4. The van der Waals surface area contributed by atoms with Crippen molar-refractivity contribution in [3.8, 4) is 0 Å². The Bertz CT molecular complexity index is 1360. The van der Waals surface area contributed by atoms with E-state index in [1.807, 2.05) is 38.1 Å². The third-order valence-corrected chi connectivity index (χ3v) is 5.43. The Balaban J connectivity index is 1.52. The van der Waals surface area contributed by atoms with Gasteiger partial charge in [-0.3, -0.25) is 14.4 Å². The van der Waals surface area contributed by atoms with Crippen molar-refractivity contribution < 1.29 is 14.3 Å². The van der Waals surface area contributed by atoms with E-state index >= 15 is 0 Å². The molecule has 1 N–H and O–H groups in total. The van der Waals surface area contributed by atoms with Crippen LogP contribution in [-0.4, -0.2) is 21.7 Å². The molecule has 0 aliphatic heterocycles. The number of benzene rings is 3. The highest BCUT2D eigenvalue weighted by atomic mass is 16.5. The van der Waals surface area contributed by atoms with Crippen LogP contribution in [0.2, 0.25) is 0 Å². The average molecular weight is 440 g/mol. The molecular weight excluding hydrogens is 416 g/mol. The largest absolute Gasteiger partial charge is 0.449 e. The van der Waals surface area contributed by atoms with E-state index in [2.05, 4.69) is 9.97 Å². The SMILES string of the molecule is Cc1ccc(C(=O)C(OC(=O)CCc2nc3ccccc3c(=O)[nH]2)c2ccc(C)cc2)cc1. The van der Waals surface area contributed by atoms with Crippen LogP contribution in [0.15, 0.2) is 77.6 Å². The van der Waals surface area contributed by atoms with E-state index < -0.39 is 12.1 Å². The molecule has 6 nitrogen and oxygen atoms in total. The summed E-state index contributed by atoms with van der Waals surface area (Å²) in [7, 11) is 0. The van der Waals surface area contributed by atoms with Crippen molar-refractivity contribution in [3.63, 3.8) is 0 Å². The first-order chi connectivity index (χ1) is 15.9. The number of aryl methyl sites for hydroxylation is 3. The molecule has 1 atom stereocenters. The lowest BCUT2D eigenvalue weighted by molar-refractivity contribution is -0.147. The zero-order chi connectivity index (χ0) is 23.4. The van der Waals surface area contributed by atoms with E-state index in [9.17, 15) is 14.4 Å². The molecule has 0 bridgehead atoms. The number of aromatic amines is 1. The summed E-state index contributed by atoms with van der Waals surface area (Å²) >= 11 is 0. The molecule has 33 heavy (non-hydrogen) atoms. The summed E-state index contributed by atoms with van der Waals surface area (Å²) in [6.45, 7) is 3.89. The van der Waals surface area contributed by atoms with Crippen LogP contribution in [0.1, 0.15) is 45.4 Å². The van der Waals surface area contributed by atoms with Gasteiger partial charge in [-0.05, 0) is 26.0 Å². The van der Waals surface area contributed by atoms with Crippen LogP contribution < -0.4 is 5.56 Å². The smallest absolute Gasteiger partial charge is 0.307 e. The van der Waals surface area contributed by atoms with Crippen molar-refractivity contribution in [3.05, 3.63) is 111 Å². The van der Waals surface area contributed by atoms with E-state index in [4.69, 9.17) is 4.74 Å². The van der Waals surface area contributed by atoms with Gasteiger partial charge in [-0.15, -0.1) is 0 Å². The van der Waals surface area contributed by atoms with Crippen LogP contribution in [-0.2, 0) is 16.0 Å². The maximum atomic E-state index is 13.2. The summed E-state index contributed by atoms with van der Waals surface area (Å²) in [6.07, 6.45) is -0.882. The Morgan fingerprint density at radius 2 is 1.55 bits per heavy atom. The summed E-state index contributed by atoms with van der Waals surface area (Å²) in [6, 6.07) is 21.5. The van der Waals surface area contributed by atoms with E-state index in [-0.39, 0.29) is 24.2 Å². The van der Waals surface area contributed by atoms with Gasteiger partial charge >= 0.3 is 5.97 Å². The number of carbonyl (C=O) groups excluding carboxylic acids is 2. The minimum absolute atomic E-state index is 0.0230. The summed E-state index contributed by atoms with van der Waals surface area (Å²) in [5, 5.41) is 0.493.